The van der Waals surface area contributed by atoms with Gasteiger partial charge in [-0.05, 0) is 26.7 Å². The van der Waals surface area contributed by atoms with Gasteiger partial charge >= 0.3 is 5.97 Å². The van der Waals surface area contributed by atoms with Crippen molar-refractivity contribution in [3.05, 3.63) is 11.1 Å². The van der Waals surface area contributed by atoms with Gasteiger partial charge in [-0.15, -0.1) is 11.3 Å². The molecule has 2 rings (SSSR count). The Morgan fingerprint density at radius 1 is 1.40 bits per heavy atom. The normalized spacial score (nSPS) is 16.1. The van der Waals surface area contributed by atoms with Crippen molar-refractivity contribution in [2.45, 2.75) is 52.0 Å². The van der Waals surface area contributed by atoms with Crippen LogP contribution in [0, 0.1) is 6.92 Å². The SMILES string of the molecule is CCOC(=O)c1c(N)sc(N(C)C2CCCCC2)c1C. The first-order chi connectivity index (χ1) is 9.56. The second kappa shape index (κ2) is 6.48. The average Bonchev–Trinajstić information content (AvgIpc) is 2.74. The molecule has 5 heteroatoms. The highest BCUT2D eigenvalue weighted by Crippen LogP contribution is 2.39. The van der Waals surface area contributed by atoms with Crippen molar-refractivity contribution in [1.82, 2.24) is 0 Å². The molecule has 1 aliphatic carbocycles. The maximum Gasteiger partial charge on any atom is 0.341 e. The van der Waals surface area contributed by atoms with Crippen molar-refractivity contribution in [3.8, 4) is 0 Å². The second-order valence-corrected chi connectivity index (χ2v) is 6.43. The van der Waals surface area contributed by atoms with Crippen molar-refractivity contribution in [3.63, 3.8) is 0 Å². The number of hydrogen-bond acceptors (Lipinski definition) is 5. The van der Waals surface area contributed by atoms with Gasteiger partial charge in [0.05, 0.1) is 17.2 Å². The molecule has 1 aromatic heterocycles. The topological polar surface area (TPSA) is 55.6 Å². The molecule has 1 heterocycles. The predicted octanol–water partition coefficient (Wildman–Crippen LogP) is 3.58. The molecule has 0 unspecified atom stereocenters. The van der Waals surface area contributed by atoms with E-state index < -0.39 is 0 Å². The second-order valence-electron chi connectivity index (χ2n) is 5.39. The van der Waals surface area contributed by atoms with E-state index >= 15 is 0 Å². The van der Waals surface area contributed by atoms with Crippen molar-refractivity contribution < 1.29 is 9.53 Å². The molecule has 0 radical (unpaired) electrons. The highest BCUT2D eigenvalue weighted by molar-refractivity contribution is 7.20. The number of esters is 1. The molecule has 0 atom stereocenters. The Hall–Kier alpha value is -1.23. The van der Waals surface area contributed by atoms with E-state index in [1.54, 1.807) is 0 Å². The van der Waals surface area contributed by atoms with Gasteiger partial charge < -0.3 is 15.4 Å². The highest BCUT2D eigenvalue weighted by Gasteiger charge is 2.26. The van der Waals surface area contributed by atoms with Crippen LogP contribution < -0.4 is 10.6 Å². The number of anilines is 2. The van der Waals surface area contributed by atoms with E-state index in [0.717, 1.165) is 10.6 Å². The van der Waals surface area contributed by atoms with Crippen LogP contribution in [-0.2, 0) is 4.74 Å². The van der Waals surface area contributed by atoms with Crippen LogP contribution in [0.1, 0.15) is 54.9 Å². The maximum atomic E-state index is 12.0. The van der Waals surface area contributed by atoms with Crippen LogP contribution in [0.2, 0.25) is 0 Å². The summed E-state index contributed by atoms with van der Waals surface area (Å²) in [5.74, 6) is -0.304. The number of nitrogens with two attached hydrogens (primary N) is 1. The monoisotopic (exact) mass is 296 g/mol. The highest BCUT2D eigenvalue weighted by atomic mass is 32.1. The molecule has 0 saturated heterocycles. The van der Waals surface area contributed by atoms with E-state index in [0.29, 0.717) is 23.2 Å². The molecule has 1 saturated carbocycles. The van der Waals surface area contributed by atoms with Crippen molar-refractivity contribution in [1.29, 1.82) is 0 Å². The van der Waals surface area contributed by atoms with Gasteiger partial charge in [-0.25, -0.2) is 4.79 Å². The van der Waals surface area contributed by atoms with Gasteiger partial charge in [-0.3, -0.25) is 0 Å². The summed E-state index contributed by atoms with van der Waals surface area (Å²) in [5.41, 5.74) is 7.54. The molecule has 20 heavy (non-hydrogen) atoms. The van der Waals surface area contributed by atoms with Crippen molar-refractivity contribution >= 4 is 27.3 Å². The summed E-state index contributed by atoms with van der Waals surface area (Å²) in [6, 6.07) is 0.565. The van der Waals surface area contributed by atoms with Crippen LogP contribution in [0.5, 0.6) is 0 Å². The first-order valence-corrected chi connectivity index (χ1v) is 8.16. The van der Waals surface area contributed by atoms with E-state index in [-0.39, 0.29) is 5.97 Å². The molecule has 4 nitrogen and oxygen atoms in total. The smallest absolute Gasteiger partial charge is 0.341 e. The maximum absolute atomic E-state index is 12.0. The van der Waals surface area contributed by atoms with Crippen molar-refractivity contribution in [2.24, 2.45) is 0 Å². The van der Waals surface area contributed by atoms with Gasteiger partial charge in [0, 0.05) is 18.7 Å². The summed E-state index contributed by atoms with van der Waals surface area (Å²) in [6.45, 7) is 4.15. The molecule has 0 aliphatic heterocycles. The minimum Gasteiger partial charge on any atom is -0.462 e. The first-order valence-electron chi connectivity index (χ1n) is 7.35. The molecule has 0 bridgehead atoms. The van der Waals surface area contributed by atoms with Crippen LogP contribution in [0.25, 0.3) is 0 Å². The van der Waals surface area contributed by atoms with Gasteiger partial charge in [0.2, 0.25) is 0 Å². The lowest BCUT2D eigenvalue weighted by atomic mass is 9.94. The molecule has 1 aliphatic rings. The molecule has 0 spiro atoms. The van der Waals surface area contributed by atoms with Crippen LogP contribution in [-0.4, -0.2) is 25.7 Å². The summed E-state index contributed by atoms with van der Waals surface area (Å²) < 4.78 is 5.10. The first kappa shape index (κ1) is 15.2. The number of ether oxygens (including phenoxy) is 1. The lowest BCUT2D eigenvalue weighted by molar-refractivity contribution is 0.0527. The van der Waals surface area contributed by atoms with Crippen LogP contribution >= 0.6 is 11.3 Å². The fraction of sp³-hybridized carbons (Fsp3) is 0.667. The summed E-state index contributed by atoms with van der Waals surface area (Å²) in [5, 5.41) is 1.68. The summed E-state index contributed by atoms with van der Waals surface area (Å²) in [4.78, 5) is 14.3. The van der Waals surface area contributed by atoms with Crippen LogP contribution in [0.3, 0.4) is 0 Å². The molecule has 0 amide bonds. The van der Waals surface area contributed by atoms with Crippen LogP contribution in [0.4, 0.5) is 10.0 Å². The molecule has 112 valence electrons. The van der Waals surface area contributed by atoms with Gasteiger partial charge in [-0.2, -0.15) is 0 Å². The molecular weight excluding hydrogens is 272 g/mol. The number of hydrogen-bond donors (Lipinski definition) is 1. The van der Waals surface area contributed by atoms with E-state index in [1.807, 2.05) is 13.8 Å². The Bertz CT molecular complexity index is 478. The fourth-order valence-corrected chi connectivity index (χ4v) is 4.05. The van der Waals surface area contributed by atoms with Gasteiger partial charge in [0.15, 0.2) is 0 Å². The number of nitrogen functional groups attached to an aromatic ring is 1. The molecule has 1 fully saturated rings. The minimum absolute atomic E-state index is 0.304. The zero-order valence-electron chi connectivity index (χ0n) is 12.6. The Balaban J connectivity index is 2.24. The van der Waals surface area contributed by atoms with Gasteiger partial charge in [0.1, 0.15) is 5.00 Å². The number of carbonyl (C=O) groups excluding carboxylic acids is 1. The van der Waals surface area contributed by atoms with E-state index in [2.05, 4.69) is 11.9 Å². The Labute approximate surface area is 124 Å². The largest absolute Gasteiger partial charge is 0.462 e. The molecular formula is C15H24N2O2S. The van der Waals surface area contributed by atoms with E-state index in [4.69, 9.17) is 10.5 Å². The summed E-state index contributed by atoms with van der Waals surface area (Å²) >= 11 is 1.50. The Morgan fingerprint density at radius 3 is 2.65 bits per heavy atom. The third-order valence-corrected chi connectivity index (χ3v) is 5.28. The molecule has 0 aromatic carbocycles. The van der Waals surface area contributed by atoms with Gasteiger partial charge in [-0.1, -0.05) is 19.3 Å². The summed E-state index contributed by atoms with van der Waals surface area (Å²) in [7, 11) is 2.11. The third kappa shape index (κ3) is 2.92. The van der Waals surface area contributed by atoms with Gasteiger partial charge in [0.25, 0.3) is 0 Å². The van der Waals surface area contributed by atoms with E-state index in [1.165, 1.54) is 43.4 Å². The zero-order chi connectivity index (χ0) is 14.7. The Morgan fingerprint density at radius 2 is 2.05 bits per heavy atom. The Kier molecular flexibility index (Phi) is 4.91. The number of nitrogens with zero attached hydrogens (tertiary/aromatic N) is 1. The number of rotatable bonds is 4. The van der Waals surface area contributed by atoms with Crippen molar-refractivity contribution in [2.75, 3.05) is 24.3 Å². The lowest BCUT2D eigenvalue weighted by Gasteiger charge is -2.32. The average molecular weight is 296 g/mol. The minimum atomic E-state index is -0.304. The lowest BCUT2D eigenvalue weighted by Crippen LogP contribution is -2.33. The number of thiophene rings is 1. The zero-order valence-corrected chi connectivity index (χ0v) is 13.4. The van der Waals surface area contributed by atoms with Crippen LogP contribution in [0.15, 0.2) is 0 Å². The number of carbonyl (C=O) groups is 1. The standard InChI is InChI=1S/C15H24N2O2S/c1-4-19-15(18)12-10(2)14(20-13(12)16)17(3)11-8-6-5-7-9-11/h11H,4-9,16H2,1-3H3. The molecule has 1 aromatic rings. The molecule has 2 N–H and O–H groups in total. The predicted molar refractivity (Wildman–Crippen MR) is 84.7 cm³/mol. The third-order valence-electron chi connectivity index (χ3n) is 4.07. The quantitative estimate of drug-likeness (QED) is 0.863. The fourth-order valence-electron chi connectivity index (χ4n) is 2.95. The van der Waals surface area contributed by atoms with E-state index in [9.17, 15) is 4.79 Å². The summed E-state index contributed by atoms with van der Waals surface area (Å²) in [6.07, 6.45) is 6.37.